The van der Waals surface area contributed by atoms with Crippen molar-refractivity contribution >= 4 is 12.0 Å². The van der Waals surface area contributed by atoms with Crippen LogP contribution in [0.25, 0.3) is 6.08 Å². The normalized spacial score (nSPS) is 11.4. The standard InChI is InChI=1S/C18H15F3N2O2/c19-18(20,21)15-7-4-14(5-8-15)6-9-17(24)23(11-2-10-22)13-16-3-1-12-25-16/h1,3-9,12H,2,11,13H2. The van der Waals surface area contributed by atoms with E-state index in [0.717, 1.165) is 12.1 Å². The third kappa shape index (κ3) is 5.53. The minimum absolute atomic E-state index is 0.167. The Morgan fingerprint density at radius 1 is 1.24 bits per heavy atom. The summed E-state index contributed by atoms with van der Waals surface area (Å²) in [7, 11) is 0. The molecule has 0 bridgehead atoms. The molecule has 0 saturated carbocycles. The number of amides is 1. The maximum atomic E-state index is 12.5. The highest BCUT2D eigenvalue weighted by molar-refractivity contribution is 5.91. The van der Waals surface area contributed by atoms with Crippen LogP contribution in [-0.2, 0) is 17.5 Å². The van der Waals surface area contributed by atoms with Crippen molar-refractivity contribution in [3.8, 4) is 6.07 Å². The van der Waals surface area contributed by atoms with Crippen molar-refractivity contribution in [1.82, 2.24) is 4.90 Å². The van der Waals surface area contributed by atoms with Crippen molar-refractivity contribution in [2.24, 2.45) is 0 Å². The molecule has 0 aliphatic heterocycles. The zero-order chi connectivity index (χ0) is 18.3. The van der Waals surface area contributed by atoms with Crippen molar-refractivity contribution < 1.29 is 22.4 Å². The Hall–Kier alpha value is -3.01. The summed E-state index contributed by atoms with van der Waals surface area (Å²) in [5.74, 6) is 0.223. The molecule has 1 aromatic heterocycles. The number of alkyl halides is 3. The predicted molar refractivity (Wildman–Crippen MR) is 84.8 cm³/mol. The van der Waals surface area contributed by atoms with Crippen LogP contribution in [0.15, 0.2) is 53.2 Å². The van der Waals surface area contributed by atoms with Gasteiger partial charge in [-0.25, -0.2) is 0 Å². The molecule has 4 nitrogen and oxygen atoms in total. The van der Waals surface area contributed by atoms with Gasteiger partial charge < -0.3 is 9.32 Å². The molecule has 0 saturated heterocycles. The van der Waals surface area contributed by atoms with Crippen LogP contribution in [-0.4, -0.2) is 17.4 Å². The third-order valence-corrected chi connectivity index (χ3v) is 3.39. The Kier molecular flexibility index (Phi) is 6.01. The molecule has 0 aliphatic rings. The van der Waals surface area contributed by atoms with E-state index in [1.54, 1.807) is 12.1 Å². The molecule has 25 heavy (non-hydrogen) atoms. The van der Waals surface area contributed by atoms with Crippen molar-refractivity contribution in [2.75, 3.05) is 6.54 Å². The molecule has 0 spiro atoms. The number of benzene rings is 1. The van der Waals surface area contributed by atoms with E-state index < -0.39 is 11.7 Å². The summed E-state index contributed by atoms with van der Waals surface area (Å²) in [6, 6.07) is 9.88. The van der Waals surface area contributed by atoms with E-state index in [1.165, 1.54) is 35.4 Å². The molecule has 0 radical (unpaired) electrons. The van der Waals surface area contributed by atoms with Gasteiger partial charge in [-0.05, 0) is 35.9 Å². The van der Waals surface area contributed by atoms with E-state index in [9.17, 15) is 18.0 Å². The fourth-order valence-electron chi connectivity index (χ4n) is 2.10. The highest BCUT2D eigenvalue weighted by atomic mass is 19.4. The minimum atomic E-state index is -4.39. The zero-order valence-corrected chi connectivity index (χ0v) is 13.2. The molecular weight excluding hydrogens is 333 g/mol. The van der Waals surface area contributed by atoms with Gasteiger partial charge in [-0.1, -0.05) is 12.1 Å². The molecule has 2 rings (SSSR count). The minimum Gasteiger partial charge on any atom is -0.467 e. The smallest absolute Gasteiger partial charge is 0.416 e. The number of hydrogen-bond acceptors (Lipinski definition) is 3. The molecule has 1 amide bonds. The fraction of sp³-hybridized carbons (Fsp3) is 0.222. The Morgan fingerprint density at radius 3 is 2.52 bits per heavy atom. The lowest BCUT2D eigenvalue weighted by Gasteiger charge is -2.18. The molecule has 7 heteroatoms. The molecule has 0 N–H and O–H groups in total. The zero-order valence-electron chi connectivity index (χ0n) is 13.2. The molecule has 0 atom stereocenters. The molecular formula is C18H15F3N2O2. The average molecular weight is 348 g/mol. The summed E-state index contributed by atoms with van der Waals surface area (Å²) in [6.07, 6.45) is -0.0387. The maximum Gasteiger partial charge on any atom is 0.416 e. The van der Waals surface area contributed by atoms with Gasteiger partial charge in [0.2, 0.25) is 5.91 Å². The number of halogens is 3. The van der Waals surface area contributed by atoms with Crippen LogP contribution in [0.5, 0.6) is 0 Å². The van der Waals surface area contributed by atoms with Gasteiger partial charge in [0.15, 0.2) is 0 Å². The average Bonchev–Trinajstić information content (AvgIpc) is 3.09. The Morgan fingerprint density at radius 2 is 1.96 bits per heavy atom. The first kappa shape index (κ1) is 18.3. The van der Waals surface area contributed by atoms with Crippen molar-refractivity contribution in [1.29, 1.82) is 5.26 Å². The molecule has 0 aliphatic carbocycles. The first-order valence-corrected chi connectivity index (χ1v) is 7.44. The largest absolute Gasteiger partial charge is 0.467 e. The quantitative estimate of drug-likeness (QED) is 0.733. The lowest BCUT2D eigenvalue weighted by atomic mass is 10.1. The van der Waals surface area contributed by atoms with Crippen LogP contribution in [0.4, 0.5) is 13.2 Å². The molecule has 130 valence electrons. The monoisotopic (exact) mass is 348 g/mol. The molecule has 1 heterocycles. The summed E-state index contributed by atoms with van der Waals surface area (Å²) < 4.78 is 42.8. The predicted octanol–water partition coefficient (Wildman–Crippen LogP) is 4.25. The summed E-state index contributed by atoms with van der Waals surface area (Å²) in [5.41, 5.74) is -0.274. The van der Waals surface area contributed by atoms with E-state index in [0.29, 0.717) is 11.3 Å². The second kappa shape index (κ2) is 8.20. The van der Waals surface area contributed by atoms with Crippen molar-refractivity contribution in [3.63, 3.8) is 0 Å². The summed E-state index contributed by atoms with van der Waals surface area (Å²) in [4.78, 5) is 13.7. The van der Waals surface area contributed by atoms with Crippen LogP contribution in [0, 0.1) is 11.3 Å². The van der Waals surface area contributed by atoms with Crippen LogP contribution >= 0.6 is 0 Å². The van der Waals surface area contributed by atoms with Gasteiger partial charge in [0, 0.05) is 12.6 Å². The lowest BCUT2D eigenvalue weighted by Crippen LogP contribution is -2.29. The summed E-state index contributed by atoms with van der Waals surface area (Å²) in [6.45, 7) is 0.443. The van der Waals surface area contributed by atoms with E-state index in [2.05, 4.69) is 0 Å². The van der Waals surface area contributed by atoms with Gasteiger partial charge in [0.25, 0.3) is 0 Å². The topological polar surface area (TPSA) is 57.2 Å². The highest BCUT2D eigenvalue weighted by Crippen LogP contribution is 2.29. The van der Waals surface area contributed by atoms with Gasteiger partial charge >= 0.3 is 6.18 Å². The van der Waals surface area contributed by atoms with Crippen molar-refractivity contribution in [3.05, 3.63) is 65.6 Å². The SMILES string of the molecule is N#CCCN(Cc1ccco1)C(=O)C=Cc1ccc(C(F)(F)F)cc1. The van der Waals surface area contributed by atoms with Gasteiger partial charge in [-0.2, -0.15) is 18.4 Å². The van der Waals surface area contributed by atoms with Crippen LogP contribution in [0.1, 0.15) is 23.3 Å². The molecule has 0 fully saturated rings. The Bertz CT molecular complexity index is 757. The molecule has 1 aromatic carbocycles. The first-order chi connectivity index (χ1) is 11.9. The fourth-order valence-corrected chi connectivity index (χ4v) is 2.10. The lowest BCUT2D eigenvalue weighted by molar-refractivity contribution is -0.137. The van der Waals surface area contributed by atoms with Crippen LogP contribution in [0.2, 0.25) is 0 Å². The highest BCUT2D eigenvalue weighted by Gasteiger charge is 2.29. The second-order valence-corrected chi connectivity index (χ2v) is 5.20. The number of furan rings is 1. The number of nitriles is 1. The number of carbonyl (C=O) groups is 1. The van der Waals surface area contributed by atoms with E-state index in [-0.39, 0.29) is 25.4 Å². The van der Waals surface area contributed by atoms with Gasteiger partial charge in [0.1, 0.15) is 5.76 Å². The number of nitrogens with zero attached hydrogens (tertiary/aromatic N) is 2. The molecule has 0 unspecified atom stereocenters. The maximum absolute atomic E-state index is 12.5. The first-order valence-electron chi connectivity index (χ1n) is 7.44. The molecule has 2 aromatic rings. The van der Waals surface area contributed by atoms with E-state index >= 15 is 0 Å². The van der Waals surface area contributed by atoms with Gasteiger partial charge in [0.05, 0.1) is 30.9 Å². The second-order valence-electron chi connectivity index (χ2n) is 5.20. The van der Waals surface area contributed by atoms with E-state index in [4.69, 9.17) is 9.68 Å². The number of rotatable bonds is 6. The Labute approximate surface area is 142 Å². The van der Waals surface area contributed by atoms with Gasteiger partial charge in [-0.3, -0.25) is 4.79 Å². The Balaban J connectivity index is 2.05. The summed E-state index contributed by atoms with van der Waals surface area (Å²) >= 11 is 0. The summed E-state index contributed by atoms with van der Waals surface area (Å²) in [5, 5.41) is 8.70. The van der Waals surface area contributed by atoms with E-state index in [1.807, 2.05) is 6.07 Å². The number of hydrogen-bond donors (Lipinski definition) is 0. The van der Waals surface area contributed by atoms with Crippen LogP contribution in [0.3, 0.4) is 0 Å². The third-order valence-electron chi connectivity index (χ3n) is 3.39. The van der Waals surface area contributed by atoms with Gasteiger partial charge in [-0.15, -0.1) is 0 Å². The number of carbonyl (C=O) groups excluding carboxylic acids is 1. The van der Waals surface area contributed by atoms with Crippen molar-refractivity contribution in [2.45, 2.75) is 19.1 Å². The van der Waals surface area contributed by atoms with Crippen LogP contribution < -0.4 is 0 Å².